The Balaban J connectivity index is 2.11. The first kappa shape index (κ1) is 11.9. The second-order valence-electron chi connectivity index (χ2n) is 4.17. The lowest BCUT2D eigenvalue weighted by Crippen LogP contribution is -2.44. The van der Waals surface area contributed by atoms with Gasteiger partial charge in [-0.05, 0) is 12.1 Å². The van der Waals surface area contributed by atoms with Crippen LogP contribution in [0.15, 0.2) is 18.3 Å². The number of esters is 1. The van der Waals surface area contributed by atoms with Crippen LogP contribution in [0.5, 0.6) is 0 Å². The number of methoxy groups -OCH3 is 1. The van der Waals surface area contributed by atoms with Crippen LogP contribution in [0.25, 0.3) is 11.0 Å². The van der Waals surface area contributed by atoms with Gasteiger partial charge in [-0.15, -0.1) is 5.10 Å². The molecule has 0 N–H and O–H groups in total. The van der Waals surface area contributed by atoms with E-state index in [-0.39, 0.29) is 5.69 Å². The molecule has 0 unspecified atom stereocenters. The third kappa shape index (κ3) is 2.01. The molecular formula is C12H14N4O3. The molecule has 0 saturated carbocycles. The second kappa shape index (κ2) is 4.85. The highest BCUT2D eigenvalue weighted by Gasteiger charge is 2.22. The van der Waals surface area contributed by atoms with Crippen molar-refractivity contribution >= 4 is 17.0 Å². The van der Waals surface area contributed by atoms with Crippen molar-refractivity contribution in [2.45, 2.75) is 0 Å². The van der Waals surface area contributed by atoms with Crippen molar-refractivity contribution in [3.05, 3.63) is 24.0 Å². The van der Waals surface area contributed by atoms with Crippen molar-refractivity contribution in [1.82, 2.24) is 14.9 Å². The average molecular weight is 262 g/mol. The van der Waals surface area contributed by atoms with Crippen LogP contribution in [0.4, 0.5) is 0 Å². The van der Waals surface area contributed by atoms with Crippen LogP contribution >= 0.6 is 0 Å². The minimum atomic E-state index is -0.454. The van der Waals surface area contributed by atoms with Gasteiger partial charge in [0.05, 0.1) is 38.8 Å². The quantitative estimate of drug-likeness (QED) is 0.719. The molecule has 2 aromatic heterocycles. The first-order chi connectivity index (χ1) is 9.31. The Kier molecular flexibility index (Phi) is 3.04. The number of pyridine rings is 1. The molecule has 1 fully saturated rings. The van der Waals surface area contributed by atoms with Crippen LogP contribution in [0.2, 0.25) is 0 Å². The van der Waals surface area contributed by atoms with E-state index in [0.29, 0.717) is 37.3 Å². The van der Waals surface area contributed by atoms with E-state index in [9.17, 15) is 4.79 Å². The molecule has 1 aliphatic rings. The van der Waals surface area contributed by atoms with Crippen LogP contribution in [0, 0.1) is 0 Å². The average Bonchev–Trinajstić information content (AvgIpc) is 2.87. The maximum atomic E-state index is 11.8. The molecule has 100 valence electrons. The monoisotopic (exact) mass is 262 g/mol. The van der Waals surface area contributed by atoms with Crippen molar-refractivity contribution in [2.24, 2.45) is 0 Å². The summed E-state index contributed by atoms with van der Waals surface area (Å²) < 4.78 is 10.1. The molecule has 19 heavy (non-hydrogen) atoms. The van der Waals surface area contributed by atoms with E-state index in [2.05, 4.69) is 10.1 Å². The number of hydrogen-bond acceptors (Lipinski definition) is 6. The molecule has 1 saturated heterocycles. The molecule has 7 heteroatoms. The highest BCUT2D eigenvalue weighted by Crippen LogP contribution is 2.17. The Labute approximate surface area is 109 Å². The Bertz CT molecular complexity index is 604. The standard InChI is InChI=1S/C12H14N4O3/c1-18-12(17)10-9-3-2-4-13-11(9)16(14-10)15-5-7-19-8-6-15/h2-4H,5-8H2,1H3. The van der Waals surface area contributed by atoms with E-state index < -0.39 is 5.97 Å². The minimum Gasteiger partial charge on any atom is -0.464 e. The first-order valence-corrected chi connectivity index (χ1v) is 6.06. The lowest BCUT2D eigenvalue weighted by molar-refractivity contribution is 0.0594. The third-order valence-corrected chi connectivity index (χ3v) is 3.06. The summed E-state index contributed by atoms with van der Waals surface area (Å²) in [5, 5.41) is 7.03. The Morgan fingerprint density at radius 2 is 2.21 bits per heavy atom. The van der Waals surface area contributed by atoms with Gasteiger partial charge in [-0.1, -0.05) is 0 Å². The van der Waals surface area contributed by atoms with Crippen LogP contribution in [0.1, 0.15) is 10.5 Å². The number of morpholine rings is 1. The largest absolute Gasteiger partial charge is 0.464 e. The van der Waals surface area contributed by atoms with Gasteiger partial charge in [-0.25, -0.2) is 9.78 Å². The lowest BCUT2D eigenvalue weighted by atomic mass is 10.3. The number of hydrogen-bond donors (Lipinski definition) is 0. The van der Waals surface area contributed by atoms with Crippen molar-refractivity contribution in [1.29, 1.82) is 0 Å². The highest BCUT2D eigenvalue weighted by atomic mass is 16.5. The van der Waals surface area contributed by atoms with E-state index in [1.165, 1.54) is 7.11 Å². The molecular weight excluding hydrogens is 248 g/mol. The zero-order chi connectivity index (χ0) is 13.2. The van der Waals surface area contributed by atoms with Crippen LogP contribution < -0.4 is 5.01 Å². The van der Waals surface area contributed by atoms with Crippen LogP contribution in [-0.2, 0) is 9.47 Å². The number of carbonyl (C=O) groups excluding carboxylic acids is 1. The second-order valence-corrected chi connectivity index (χ2v) is 4.17. The number of fused-ring (bicyclic) bond motifs is 1. The molecule has 0 amide bonds. The normalized spacial score (nSPS) is 15.7. The van der Waals surface area contributed by atoms with Gasteiger partial charge in [-0.2, -0.15) is 4.79 Å². The predicted octanol–water partition coefficient (Wildman–Crippen LogP) is 0.186. The molecule has 2 aromatic rings. The topological polar surface area (TPSA) is 69.5 Å². The SMILES string of the molecule is COC(=O)c1nn(N2CCOCC2)c2ncccc12. The summed E-state index contributed by atoms with van der Waals surface area (Å²) >= 11 is 0. The van der Waals surface area contributed by atoms with Crippen LogP contribution in [0.3, 0.4) is 0 Å². The van der Waals surface area contributed by atoms with Crippen LogP contribution in [-0.4, -0.2) is 54.3 Å². The summed E-state index contributed by atoms with van der Waals surface area (Å²) in [7, 11) is 1.35. The van der Waals surface area contributed by atoms with E-state index in [4.69, 9.17) is 9.47 Å². The Morgan fingerprint density at radius 1 is 1.42 bits per heavy atom. The fraction of sp³-hybridized carbons (Fsp3) is 0.417. The van der Waals surface area contributed by atoms with Crippen molar-refractivity contribution in [3.63, 3.8) is 0 Å². The number of nitrogens with zero attached hydrogens (tertiary/aromatic N) is 4. The summed E-state index contributed by atoms with van der Waals surface area (Å²) in [4.78, 5) is 17.7. The van der Waals surface area contributed by atoms with Gasteiger partial charge in [0.25, 0.3) is 0 Å². The minimum absolute atomic E-state index is 0.289. The number of aromatic nitrogens is 3. The molecule has 0 spiro atoms. The molecule has 0 aliphatic carbocycles. The first-order valence-electron chi connectivity index (χ1n) is 6.06. The molecule has 0 atom stereocenters. The summed E-state index contributed by atoms with van der Waals surface area (Å²) in [6.07, 6.45) is 1.68. The maximum absolute atomic E-state index is 11.8. The van der Waals surface area contributed by atoms with E-state index in [1.54, 1.807) is 17.1 Å². The predicted molar refractivity (Wildman–Crippen MR) is 67.6 cm³/mol. The van der Waals surface area contributed by atoms with E-state index in [1.807, 2.05) is 11.1 Å². The van der Waals surface area contributed by atoms with Gasteiger partial charge in [-0.3, -0.25) is 5.01 Å². The summed E-state index contributed by atoms with van der Waals surface area (Å²) in [6, 6.07) is 3.60. The van der Waals surface area contributed by atoms with Gasteiger partial charge in [0.2, 0.25) is 0 Å². The fourth-order valence-corrected chi connectivity index (χ4v) is 2.12. The van der Waals surface area contributed by atoms with Gasteiger partial charge in [0.1, 0.15) is 0 Å². The molecule has 7 nitrogen and oxygen atoms in total. The van der Waals surface area contributed by atoms with E-state index >= 15 is 0 Å². The van der Waals surface area contributed by atoms with Gasteiger partial charge >= 0.3 is 5.97 Å². The Morgan fingerprint density at radius 3 is 2.95 bits per heavy atom. The lowest BCUT2D eigenvalue weighted by Gasteiger charge is -2.28. The summed E-state index contributed by atoms with van der Waals surface area (Å²) in [5.74, 6) is -0.454. The zero-order valence-corrected chi connectivity index (χ0v) is 10.6. The third-order valence-electron chi connectivity index (χ3n) is 3.06. The van der Waals surface area contributed by atoms with Gasteiger partial charge in [0, 0.05) is 6.20 Å². The Hall–Kier alpha value is -2.15. The van der Waals surface area contributed by atoms with Gasteiger partial charge < -0.3 is 9.47 Å². The zero-order valence-electron chi connectivity index (χ0n) is 10.6. The van der Waals surface area contributed by atoms with Crippen molar-refractivity contribution < 1.29 is 14.3 Å². The molecule has 3 rings (SSSR count). The summed E-state index contributed by atoms with van der Waals surface area (Å²) in [5.41, 5.74) is 0.946. The fourth-order valence-electron chi connectivity index (χ4n) is 2.12. The van der Waals surface area contributed by atoms with Crippen molar-refractivity contribution in [3.8, 4) is 0 Å². The number of ether oxygens (including phenoxy) is 2. The molecule has 0 radical (unpaired) electrons. The highest BCUT2D eigenvalue weighted by molar-refractivity contribution is 6.01. The van der Waals surface area contributed by atoms with E-state index in [0.717, 1.165) is 0 Å². The smallest absolute Gasteiger partial charge is 0.359 e. The number of rotatable bonds is 2. The van der Waals surface area contributed by atoms with Crippen molar-refractivity contribution in [2.75, 3.05) is 38.4 Å². The molecule has 0 bridgehead atoms. The summed E-state index contributed by atoms with van der Waals surface area (Å²) in [6.45, 7) is 2.71. The number of carbonyl (C=O) groups is 1. The molecule has 1 aliphatic heterocycles. The maximum Gasteiger partial charge on any atom is 0.359 e. The molecule has 0 aromatic carbocycles. The van der Waals surface area contributed by atoms with Gasteiger partial charge in [0.15, 0.2) is 11.3 Å². The molecule has 3 heterocycles.